The van der Waals surface area contributed by atoms with Crippen molar-refractivity contribution >= 4 is 0 Å². The van der Waals surface area contributed by atoms with Crippen molar-refractivity contribution in [3.05, 3.63) is 0 Å². The van der Waals surface area contributed by atoms with Gasteiger partial charge in [0, 0.05) is 29.1 Å². The average Bonchev–Trinajstić information content (AvgIpc) is 2.09. The molecule has 18 heavy (non-hydrogen) atoms. The number of rotatable bonds is 4. The van der Waals surface area contributed by atoms with E-state index in [1.165, 1.54) is 20.8 Å². The van der Waals surface area contributed by atoms with Gasteiger partial charge in [-0.15, -0.1) is 0 Å². The summed E-state index contributed by atoms with van der Waals surface area (Å²) < 4.78 is 74.2. The Morgan fingerprint density at radius 1 is 1.00 bits per heavy atom. The minimum absolute atomic E-state index is 0. The van der Waals surface area contributed by atoms with Gasteiger partial charge in [-0.1, -0.05) is 6.92 Å². The van der Waals surface area contributed by atoms with Crippen LogP contribution in [0.3, 0.4) is 0 Å². The van der Waals surface area contributed by atoms with E-state index < -0.39 is 30.5 Å². The Balaban J connectivity index is 0. The Morgan fingerprint density at radius 2 is 1.33 bits per heavy atom. The van der Waals surface area contributed by atoms with Crippen molar-refractivity contribution < 1.29 is 47.9 Å². The van der Waals surface area contributed by atoms with Gasteiger partial charge in [0.25, 0.3) is 5.60 Å². The van der Waals surface area contributed by atoms with E-state index in [-0.39, 0.29) is 23.0 Å². The number of nitrogens with zero attached hydrogens (tertiary/aromatic N) is 1. The summed E-state index contributed by atoms with van der Waals surface area (Å²) in [5, 5.41) is 8.94. The maximum atomic E-state index is 12.4. The Labute approximate surface area is 111 Å². The number of halogens is 6. The normalized spacial score (nSPS) is 14.0. The van der Waals surface area contributed by atoms with Crippen molar-refractivity contribution in [1.29, 1.82) is 0 Å². The molecule has 0 heterocycles. The van der Waals surface area contributed by atoms with Crippen molar-refractivity contribution in [2.45, 2.75) is 44.8 Å². The van der Waals surface area contributed by atoms with Crippen molar-refractivity contribution in [2.75, 3.05) is 13.1 Å². The Hall–Kier alpha value is -0.00649. The smallest absolute Gasteiger partial charge is 0.373 e. The van der Waals surface area contributed by atoms with Crippen molar-refractivity contribution in [3.8, 4) is 0 Å². The molecule has 0 rings (SSSR count). The van der Waals surface area contributed by atoms with E-state index in [0.29, 0.717) is 0 Å². The minimum atomic E-state index is -5.76. The van der Waals surface area contributed by atoms with Crippen LogP contribution in [0.15, 0.2) is 0 Å². The number of likely N-dealkylation sites (N-methyl/N-ethyl adjacent to an activating group) is 1. The number of hydrogen-bond donors (Lipinski definition) is 1. The Morgan fingerprint density at radius 3 is 1.50 bits per heavy atom. The zero-order valence-corrected chi connectivity index (χ0v) is 11.0. The van der Waals surface area contributed by atoms with E-state index in [4.69, 9.17) is 5.11 Å². The molecule has 9 heteroatoms. The second-order valence-corrected chi connectivity index (χ2v) is 4.01. The monoisotopic (exact) mass is 325 g/mol. The number of aliphatic hydroxyl groups is 1. The van der Waals surface area contributed by atoms with Crippen LogP contribution in [0, 0.1) is 0 Å². The zero-order chi connectivity index (χ0) is 14.1. The predicted octanol–water partition coefficient (Wildman–Crippen LogP) is 2.57. The van der Waals surface area contributed by atoms with Gasteiger partial charge in [-0.25, -0.2) is 0 Å². The zero-order valence-electron chi connectivity index (χ0n) is 9.97. The van der Waals surface area contributed by atoms with Crippen LogP contribution in [-0.4, -0.2) is 47.1 Å². The summed E-state index contributed by atoms with van der Waals surface area (Å²) >= 11 is 0. The van der Waals surface area contributed by atoms with Gasteiger partial charge in [-0.05, 0) is 20.4 Å². The van der Waals surface area contributed by atoms with Crippen LogP contribution in [0.4, 0.5) is 26.3 Å². The summed E-state index contributed by atoms with van der Waals surface area (Å²) in [4.78, 5) is 0.904. The molecule has 0 atom stereocenters. The molecule has 0 spiro atoms. The third-order valence-corrected chi connectivity index (χ3v) is 2.51. The van der Waals surface area contributed by atoms with Gasteiger partial charge in [0.05, 0.1) is 0 Å². The summed E-state index contributed by atoms with van der Waals surface area (Å²) in [5.74, 6) is 0. The molecule has 0 aromatic rings. The summed E-state index contributed by atoms with van der Waals surface area (Å²) in [7, 11) is 0. The maximum absolute atomic E-state index is 12.4. The van der Waals surface area contributed by atoms with E-state index in [1.54, 1.807) is 0 Å². The molecule has 2 nitrogen and oxygen atoms in total. The SMILES string of the molecule is CCN(CC(O)(C(F)(F)F)C(F)(F)F)C(C)C.[Ni]. The summed E-state index contributed by atoms with van der Waals surface area (Å²) in [5.41, 5.74) is -4.69. The molecule has 0 aromatic carbocycles. The second-order valence-electron chi connectivity index (χ2n) is 4.01. The quantitative estimate of drug-likeness (QED) is 0.634. The molecule has 0 aliphatic carbocycles. The third-order valence-electron chi connectivity index (χ3n) is 2.51. The molecule has 0 aromatic heterocycles. The molecule has 1 N–H and O–H groups in total. The fourth-order valence-corrected chi connectivity index (χ4v) is 1.29. The second kappa shape index (κ2) is 6.43. The van der Waals surface area contributed by atoms with E-state index >= 15 is 0 Å². The van der Waals surface area contributed by atoms with E-state index in [9.17, 15) is 26.3 Å². The van der Waals surface area contributed by atoms with Crippen LogP contribution in [0.2, 0.25) is 0 Å². The van der Waals surface area contributed by atoms with Crippen molar-refractivity contribution in [3.63, 3.8) is 0 Å². The maximum Gasteiger partial charge on any atom is 0.427 e. The molecule has 0 bridgehead atoms. The van der Waals surface area contributed by atoms with Crippen LogP contribution in [0.5, 0.6) is 0 Å². The molecule has 0 saturated carbocycles. The first-order valence-electron chi connectivity index (χ1n) is 4.96. The van der Waals surface area contributed by atoms with Gasteiger partial charge in [-0.3, -0.25) is 4.90 Å². The fourth-order valence-electron chi connectivity index (χ4n) is 1.29. The molecule has 0 aliphatic heterocycles. The third kappa shape index (κ3) is 4.28. The predicted molar refractivity (Wildman–Crippen MR) is 49.4 cm³/mol. The van der Waals surface area contributed by atoms with Crippen molar-refractivity contribution in [1.82, 2.24) is 4.90 Å². The van der Waals surface area contributed by atoms with Gasteiger partial charge in [0.15, 0.2) is 0 Å². The summed E-state index contributed by atoms with van der Waals surface area (Å²) in [6.45, 7) is 2.79. The van der Waals surface area contributed by atoms with Crippen LogP contribution in [0.25, 0.3) is 0 Å². The average molecular weight is 326 g/mol. The molecular formula is C9H15F6NNiO. The van der Waals surface area contributed by atoms with Gasteiger partial charge in [-0.2, -0.15) is 26.3 Å². The molecule has 0 fully saturated rings. The van der Waals surface area contributed by atoms with Gasteiger partial charge >= 0.3 is 12.4 Å². The van der Waals surface area contributed by atoms with Crippen LogP contribution in [-0.2, 0) is 16.5 Å². The summed E-state index contributed by atoms with van der Waals surface area (Å²) in [6.07, 6.45) is -11.5. The fraction of sp³-hybridized carbons (Fsp3) is 1.00. The van der Waals surface area contributed by atoms with E-state index in [1.807, 2.05) is 0 Å². The molecular weight excluding hydrogens is 311 g/mol. The van der Waals surface area contributed by atoms with E-state index in [0.717, 1.165) is 4.90 Å². The first kappa shape index (κ1) is 20.3. The van der Waals surface area contributed by atoms with Crippen LogP contribution < -0.4 is 0 Å². The van der Waals surface area contributed by atoms with Crippen LogP contribution >= 0.6 is 0 Å². The first-order chi connectivity index (χ1) is 7.37. The van der Waals surface area contributed by atoms with Crippen molar-refractivity contribution in [2.24, 2.45) is 0 Å². The molecule has 114 valence electrons. The number of alkyl halides is 6. The Kier molecular flexibility index (Phi) is 7.26. The van der Waals surface area contributed by atoms with Gasteiger partial charge in [0.2, 0.25) is 0 Å². The molecule has 0 amide bonds. The number of hydrogen-bond acceptors (Lipinski definition) is 2. The molecule has 0 saturated heterocycles. The molecule has 0 aliphatic rings. The topological polar surface area (TPSA) is 23.5 Å². The van der Waals surface area contributed by atoms with E-state index in [2.05, 4.69) is 0 Å². The first-order valence-corrected chi connectivity index (χ1v) is 4.96. The molecule has 0 unspecified atom stereocenters. The largest absolute Gasteiger partial charge is 0.427 e. The molecule has 0 radical (unpaired) electrons. The van der Waals surface area contributed by atoms with Gasteiger partial charge < -0.3 is 5.11 Å². The standard InChI is InChI=1S/C9H15F6NO.Ni/c1-4-16(6(2)3)5-7(17,8(10,11)12)9(13,14)15;/h6,17H,4-5H2,1-3H3;. The Bertz CT molecular complexity index is 238. The van der Waals surface area contributed by atoms with Gasteiger partial charge in [0.1, 0.15) is 0 Å². The minimum Gasteiger partial charge on any atom is -0.373 e. The van der Waals surface area contributed by atoms with Crippen LogP contribution in [0.1, 0.15) is 20.8 Å². The summed E-state index contributed by atoms with van der Waals surface area (Å²) in [6, 6.07) is -0.531.